The van der Waals surface area contributed by atoms with Gasteiger partial charge >= 0.3 is 0 Å². The van der Waals surface area contributed by atoms with Gasteiger partial charge in [-0.05, 0) is 54.8 Å². The maximum Gasteiger partial charge on any atom is 0.240 e. The van der Waals surface area contributed by atoms with Gasteiger partial charge in [0.15, 0.2) is 0 Å². The average molecular weight is 348 g/mol. The molecule has 0 bridgehead atoms. The fraction of sp³-hybridized carbons (Fsp3) is 0.235. The van der Waals surface area contributed by atoms with Crippen molar-refractivity contribution in [2.24, 2.45) is 0 Å². The zero-order valence-corrected chi connectivity index (χ0v) is 13.9. The fourth-order valence-corrected chi connectivity index (χ4v) is 3.69. The van der Waals surface area contributed by atoms with Crippen LogP contribution in [0.25, 0.3) is 0 Å². The molecular weight excluding hydrogens is 331 g/mol. The number of rotatable bonds is 5. The molecule has 2 aromatic rings. The maximum atomic E-state index is 12.8. The first-order valence-electron chi connectivity index (χ1n) is 7.56. The molecule has 1 amide bonds. The zero-order chi connectivity index (χ0) is 17.3. The van der Waals surface area contributed by atoms with Crippen LogP contribution in [0.3, 0.4) is 0 Å². The van der Waals surface area contributed by atoms with Gasteiger partial charge in [0.05, 0.1) is 10.8 Å². The number of carbonyl (C=O) groups excluding carboxylic acids is 1. The highest BCUT2D eigenvalue weighted by Crippen LogP contribution is 2.33. The molecule has 1 atom stereocenters. The smallest absolute Gasteiger partial charge is 0.240 e. The predicted octanol–water partition coefficient (Wildman–Crippen LogP) is 2.40. The van der Waals surface area contributed by atoms with Gasteiger partial charge in [-0.3, -0.25) is 4.79 Å². The minimum absolute atomic E-state index is 0.128. The Morgan fingerprint density at radius 2 is 1.88 bits per heavy atom. The standard InChI is InChI=1S/C17H17FN2O3S/c1-11-15-10-14(6-7-16(15)20-17(11)21)24(22,23)19-9-8-12-2-4-13(18)5-3-12/h2-7,10-11,19H,8-9H2,1H3,(H,20,21)/t11-/m1/s1. The molecule has 0 saturated heterocycles. The van der Waals surface area contributed by atoms with Crippen LogP contribution in [0.4, 0.5) is 10.1 Å². The summed E-state index contributed by atoms with van der Waals surface area (Å²) < 4.78 is 40.2. The van der Waals surface area contributed by atoms with Crippen molar-refractivity contribution in [1.82, 2.24) is 4.72 Å². The van der Waals surface area contributed by atoms with Crippen LogP contribution >= 0.6 is 0 Å². The monoisotopic (exact) mass is 348 g/mol. The average Bonchev–Trinajstić information content (AvgIpc) is 2.83. The summed E-state index contributed by atoms with van der Waals surface area (Å²) in [6.45, 7) is 1.94. The van der Waals surface area contributed by atoms with Crippen molar-refractivity contribution in [2.45, 2.75) is 24.2 Å². The number of anilines is 1. The van der Waals surface area contributed by atoms with E-state index in [9.17, 15) is 17.6 Å². The fourth-order valence-electron chi connectivity index (χ4n) is 2.63. The molecule has 0 fully saturated rings. The Kier molecular flexibility index (Phi) is 4.38. The summed E-state index contributed by atoms with van der Waals surface area (Å²) in [5.41, 5.74) is 2.18. The first-order chi connectivity index (χ1) is 11.4. The van der Waals surface area contributed by atoms with Crippen molar-refractivity contribution in [1.29, 1.82) is 0 Å². The maximum absolute atomic E-state index is 12.8. The number of carbonyl (C=O) groups is 1. The number of halogens is 1. The highest BCUT2D eigenvalue weighted by Gasteiger charge is 2.28. The van der Waals surface area contributed by atoms with Crippen LogP contribution in [-0.2, 0) is 21.2 Å². The van der Waals surface area contributed by atoms with Crippen molar-refractivity contribution in [3.63, 3.8) is 0 Å². The van der Waals surface area contributed by atoms with Crippen LogP contribution in [0.15, 0.2) is 47.4 Å². The van der Waals surface area contributed by atoms with Crippen molar-refractivity contribution >= 4 is 21.6 Å². The number of hydrogen-bond donors (Lipinski definition) is 2. The Morgan fingerprint density at radius 3 is 2.58 bits per heavy atom. The molecule has 2 aromatic carbocycles. The molecule has 2 N–H and O–H groups in total. The summed E-state index contributed by atoms with van der Waals surface area (Å²) in [7, 11) is -3.66. The SMILES string of the molecule is C[C@H]1C(=O)Nc2ccc(S(=O)(=O)NCCc3ccc(F)cc3)cc21. The van der Waals surface area contributed by atoms with Crippen molar-refractivity contribution in [3.8, 4) is 0 Å². The van der Waals surface area contributed by atoms with E-state index in [1.807, 2.05) is 0 Å². The van der Waals surface area contributed by atoms with E-state index < -0.39 is 10.0 Å². The molecule has 1 aliphatic rings. The molecule has 1 aliphatic heterocycles. The lowest BCUT2D eigenvalue weighted by Crippen LogP contribution is -2.26. The summed E-state index contributed by atoms with van der Waals surface area (Å²) in [5.74, 6) is -0.826. The Bertz CT molecular complexity index is 879. The molecule has 0 aliphatic carbocycles. The van der Waals surface area contributed by atoms with Gasteiger partial charge in [-0.1, -0.05) is 12.1 Å². The van der Waals surface area contributed by atoms with Crippen molar-refractivity contribution in [2.75, 3.05) is 11.9 Å². The first-order valence-corrected chi connectivity index (χ1v) is 9.04. The second-order valence-corrected chi connectivity index (χ2v) is 7.50. The molecular formula is C17H17FN2O3S. The van der Waals surface area contributed by atoms with E-state index in [0.717, 1.165) is 5.56 Å². The van der Waals surface area contributed by atoms with Gasteiger partial charge < -0.3 is 5.32 Å². The summed E-state index contributed by atoms with van der Waals surface area (Å²) in [5, 5.41) is 2.71. The van der Waals surface area contributed by atoms with Gasteiger partial charge in [0.25, 0.3) is 0 Å². The molecule has 0 aromatic heterocycles. The van der Waals surface area contributed by atoms with Crippen molar-refractivity contribution < 1.29 is 17.6 Å². The Hall–Kier alpha value is -2.25. The minimum atomic E-state index is -3.66. The normalized spacial score (nSPS) is 16.8. The van der Waals surface area contributed by atoms with Crippen LogP contribution in [0, 0.1) is 5.82 Å². The molecule has 1 heterocycles. The molecule has 5 nitrogen and oxygen atoms in total. The van der Waals surface area contributed by atoms with Crippen LogP contribution in [-0.4, -0.2) is 20.9 Å². The molecule has 3 rings (SSSR count). The third-order valence-electron chi connectivity index (χ3n) is 4.07. The molecule has 0 unspecified atom stereocenters. The van der Waals surface area contributed by atoms with E-state index >= 15 is 0 Å². The summed E-state index contributed by atoms with van der Waals surface area (Å²) in [6.07, 6.45) is 0.459. The quantitative estimate of drug-likeness (QED) is 0.871. The lowest BCUT2D eigenvalue weighted by Gasteiger charge is -2.09. The highest BCUT2D eigenvalue weighted by atomic mass is 32.2. The Morgan fingerprint density at radius 1 is 1.17 bits per heavy atom. The van der Waals surface area contributed by atoms with Crippen LogP contribution in [0.1, 0.15) is 24.0 Å². The van der Waals surface area contributed by atoms with Gasteiger partial charge in [0.1, 0.15) is 5.82 Å². The number of nitrogens with one attached hydrogen (secondary N) is 2. The lowest BCUT2D eigenvalue weighted by atomic mass is 10.0. The van der Waals surface area contributed by atoms with Crippen molar-refractivity contribution in [3.05, 3.63) is 59.4 Å². The van der Waals surface area contributed by atoms with E-state index in [-0.39, 0.29) is 29.1 Å². The summed E-state index contributed by atoms with van der Waals surface area (Å²) in [4.78, 5) is 11.8. The summed E-state index contributed by atoms with van der Waals surface area (Å²) >= 11 is 0. The number of amides is 1. The second-order valence-electron chi connectivity index (χ2n) is 5.73. The van der Waals surface area contributed by atoms with E-state index in [4.69, 9.17) is 0 Å². The number of benzene rings is 2. The topological polar surface area (TPSA) is 75.3 Å². The first kappa shape index (κ1) is 16.6. The Balaban J connectivity index is 1.70. The third kappa shape index (κ3) is 3.32. The molecule has 0 radical (unpaired) electrons. The van der Waals surface area contributed by atoms with E-state index in [2.05, 4.69) is 10.0 Å². The minimum Gasteiger partial charge on any atom is -0.325 e. The predicted molar refractivity (Wildman–Crippen MR) is 88.8 cm³/mol. The van der Waals surface area contributed by atoms with Gasteiger partial charge in [-0.25, -0.2) is 17.5 Å². The van der Waals surface area contributed by atoms with Gasteiger partial charge in [0.2, 0.25) is 15.9 Å². The number of hydrogen-bond acceptors (Lipinski definition) is 3. The van der Waals surface area contributed by atoms with Gasteiger partial charge in [-0.2, -0.15) is 0 Å². The second kappa shape index (κ2) is 6.33. The third-order valence-corrected chi connectivity index (χ3v) is 5.53. The van der Waals surface area contributed by atoms with E-state index in [1.54, 1.807) is 25.1 Å². The van der Waals surface area contributed by atoms with Crippen LogP contribution in [0.2, 0.25) is 0 Å². The molecule has 0 spiro atoms. The van der Waals surface area contributed by atoms with E-state index in [1.165, 1.54) is 24.3 Å². The van der Waals surface area contributed by atoms with E-state index in [0.29, 0.717) is 17.7 Å². The summed E-state index contributed by atoms with van der Waals surface area (Å²) in [6, 6.07) is 10.5. The molecule has 0 saturated carbocycles. The molecule has 126 valence electrons. The van der Waals surface area contributed by atoms with Gasteiger partial charge in [0, 0.05) is 12.2 Å². The zero-order valence-electron chi connectivity index (χ0n) is 13.0. The highest BCUT2D eigenvalue weighted by molar-refractivity contribution is 7.89. The van der Waals surface area contributed by atoms with Crippen LogP contribution in [0.5, 0.6) is 0 Å². The number of sulfonamides is 1. The molecule has 24 heavy (non-hydrogen) atoms. The molecule has 7 heteroatoms. The van der Waals surface area contributed by atoms with Crippen LogP contribution < -0.4 is 10.0 Å². The van der Waals surface area contributed by atoms with Gasteiger partial charge in [-0.15, -0.1) is 0 Å². The number of fused-ring (bicyclic) bond motifs is 1. The lowest BCUT2D eigenvalue weighted by molar-refractivity contribution is -0.116. The largest absolute Gasteiger partial charge is 0.325 e. The Labute approximate surface area is 139 Å².